The Morgan fingerprint density at radius 1 is 1.15 bits per heavy atom. The molecule has 0 saturated carbocycles. The summed E-state index contributed by atoms with van der Waals surface area (Å²) >= 11 is 0. The summed E-state index contributed by atoms with van der Waals surface area (Å²) in [5, 5.41) is 0. The highest BCUT2D eigenvalue weighted by atomic mass is 16.5. The van der Waals surface area contributed by atoms with Crippen LogP contribution in [0.15, 0.2) is 18.5 Å². The number of imidazole rings is 1. The Labute approximate surface area is 152 Å². The Kier molecular flexibility index (Phi) is 4.44. The molecule has 0 bridgehead atoms. The van der Waals surface area contributed by atoms with Crippen molar-refractivity contribution in [2.45, 2.75) is 40.7 Å². The molecular weight excluding hydrogens is 330 g/mol. The molecule has 3 aromatic rings. The van der Waals surface area contributed by atoms with E-state index in [1.165, 1.54) is 12.7 Å². The van der Waals surface area contributed by atoms with Gasteiger partial charge in [0.1, 0.15) is 0 Å². The molecule has 0 aliphatic heterocycles. The van der Waals surface area contributed by atoms with Crippen LogP contribution in [-0.4, -0.2) is 33.4 Å². The first-order valence-corrected chi connectivity index (χ1v) is 8.51. The van der Waals surface area contributed by atoms with E-state index in [-0.39, 0.29) is 5.78 Å². The molecule has 136 valence electrons. The lowest BCUT2D eigenvalue weighted by molar-refractivity contribution is 0.0599. The number of aromatic nitrogens is 3. The zero-order chi connectivity index (χ0) is 19.2. The van der Waals surface area contributed by atoms with E-state index in [0.29, 0.717) is 22.5 Å². The molecule has 0 radical (unpaired) electrons. The van der Waals surface area contributed by atoms with Crippen LogP contribution in [0.3, 0.4) is 0 Å². The Morgan fingerprint density at radius 3 is 2.46 bits per heavy atom. The van der Waals surface area contributed by atoms with Gasteiger partial charge < -0.3 is 14.3 Å². The Balaban J connectivity index is 2.04. The summed E-state index contributed by atoms with van der Waals surface area (Å²) in [5.74, 6) is -0.541. The highest BCUT2D eigenvalue weighted by Crippen LogP contribution is 2.26. The van der Waals surface area contributed by atoms with Crippen LogP contribution in [0, 0.1) is 27.7 Å². The van der Waals surface area contributed by atoms with Crippen LogP contribution in [0.25, 0.3) is 11.0 Å². The molecule has 3 rings (SSSR count). The van der Waals surface area contributed by atoms with E-state index < -0.39 is 12.0 Å². The molecule has 6 heteroatoms. The summed E-state index contributed by atoms with van der Waals surface area (Å²) in [4.78, 5) is 32.6. The average molecular weight is 353 g/mol. The number of carbonyl (C=O) groups excluding carboxylic acids is 2. The number of benzene rings is 1. The fraction of sp³-hybridized carbons (Fsp3) is 0.350. The summed E-state index contributed by atoms with van der Waals surface area (Å²) in [6.07, 6.45) is 1.69. The molecule has 0 amide bonds. The Hall–Kier alpha value is -2.89. The van der Waals surface area contributed by atoms with E-state index in [1.807, 2.05) is 37.5 Å². The smallest absolute Gasteiger partial charge is 0.339 e. The van der Waals surface area contributed by atoms with Crippen molar-refractivity contribution in [1.29, 1.82) is 0 Å². The number of esters is 1. The molecule has 0 aliphatic carbocycles. The van der Waals surface area contributed by atoms with Crippen molar-refractivity contribution in [3.8, 4) is 0 Å². The summed E-state index contributed by atoms with van der Waals surface area (Å²) in [6.45, 7) is 9.45. The van der Waals surface area contributed by atoms with Gasteiger partial charge in [-0.3, -0.25) is 4.79 Å². The number of ketones is 1. The Bertz CT molecular complexity index is 1030. The van der Waals surface area contributed by atoms with Crippen molar-refractivity contribution in [3.63, 3.8) is 0 Å². The first kappa shape index (κ1) is 17.9. The number of fused-ring (bicyclic) bond motifs is 1. The van der Waals surface area contributed by atoms with Crippen molar-refractivity contribution in [2.24, 2.45) is 0 Å². The quantitative estimate of drug-likeness (QED) is 0.571. The van der Waals surface area contributed by atoms with Crippen molar-refractivity contribution >= 4 is 22.8 Å². The maximum absolute atomic E-state index is 13.1. The molecule has 1 atom stereocenters. The van der Waals surface area contributed by atoms with E-state index in [0.717, 1.165) is 16.6 Å². The lowest BCUT2D eigenvalue weighted by Gasteiger charge is -2.14. The van der Waals surface area contributed by atoms with Gasteiger partial charge in [0.05, 0.1) is 41.8 Å². The standard InChI is InChI=1S/C20H23N3O3/c1-10-7-15-16(8-11(10)2)23(9-21-15)14(5)19(24)18-12(3)17(13(4)22-18)20(25)26-6/h7-9,14,22H,1-6H3/t14-/m1/s1. The number of aromatic amines is 1. The molecule has 26 heavy (non-hydrogen) atoms. The first-order chi connectivity index (χ1) is 12.3. The molecule has 2 aromatic heterocycles. The maximum atomic E-state index is 13.1. The third kappa shape index (κ3) is 2.71. The van der Waals surface area contributed by atoms with E-state index in [1.54, 1.807) is 20.2 Å². The number of nitrogens with one attached hydrogen (secondary N) is 1. The number of ether oxygens (including phenoxy) is 1. The number of nitrogens with zero attached hydrogens (tertiary/aromatic N) is 2. The van der Waals surface area contributed by atoms with Crippen molar-refractivity contribution in [2.75, 3.05) is 7.11 Å². The summed E-state index contributed by atoms with van der Waals surface area (Å²) in [7, 11) is 1.33. The van der Waals surface area contributed by atoms with Gasteiger partial charge in [0.15, 0.2) is 0 Å². The lowest BCUT2D eigenvalue weighted by Crippen LogP contribution is -2.17. The van der Waals surface area contributed by atoms with E-state index in [9.17, 15) is 9.59 Å². The molecule has 0 unspecified atom stereocenters. The van der Waals surface area contributed by atoms with Crippen LogP contribution < -0.4 is 0 Å². The van der Waals surface area contributed by atoms with Crippen LogP contribution in [0.2, 0.25) is 0 Å². The first-order valence-electron chi connectivity index (χ1n) is 8.51. The second kappa shape index (κ2) is 6.44. The molecule has 0 spiro atoms. The van der Waals surface area contributed by atoms with Crippen LogP contribution in [0.1, 0.15) is 56.2 Å². The number of hydrogen-bond donors (Lipinski definition) is 1. The molecular formula is C20H23N3O3. The number of rotatable bonds is 4. The van der Waals surface area contributed by atoms with Crippen LogP contribution in [0.5, 0.6) is 0 Å². The van der Waals surface area contributed by atoms with Crippen LogP contribution in [0.4, 0.5) is 0 Å². The van der Waals surface area contributed by atoms with Crippen molar-refractivity contribution in [3.05, 3.63) is 52.1 Å². The predicted octanol–water partition coefficient (Wildman–Crippen LogP) is 3.83. The minimum Gasteiger partial charge on any atom is -0.465 e. The van der Waals surface area contributed by atoms with Gasteiger partial charge in [-0.2, -0.15) is 0 Å². The summed E-state index contributed by atoms with van der Waals surface area (Å²) in [6, 6.07) is 3.62. The van der Waals surface area contributed by atoms with Gasteiger partial charge in [0.25, 0.3) is 0 Å². The van der Waals surface area contributed by atoms with Crippen molar-refractivity contribution < 1.29 is 14.3 Å². The topological polar surface area (TPSA) is 77.0 Å². The number of aryl methyl sites for hydroxylation is 3. The minimum atomic E-state index is -0.454. The second-order valence-electron chi connectivity index (χ2n) is 6.73. The normalized spacial score (nSPS) is 12.4. The van der Waals surface area contributed by atoms with E-state index >= 15 is 0 Å². The third-order valence-corrected chi connectivity index (χ3v) is 5.06. The summed E-state index contributed by atoms with van der Waals surface area (Å²) < 4.78 is 6.69. The SMILES string of the molecule is COC(=O)c1c(C)[nH]c(C(=O)[C@@H](C)n2cnc3cc(C)c(C)cc32)c1C. The molecule has 1 N–H and O–H groups in total. The third-order valence-electron chi connectivity index (χ3n) is 5.06. The number of Topliss-reactive ketones (excluding diaryl/α,β-unsaturated/α-hetero) is 1. The van der Waals surface area contributed by atoms with Gasteiger partial charge in [-0.15, -0.1) is 0 Å². The second-order valence-corrected chi connectivity index (χ2v) is 6.73. The van der Waals surface area contributed by atoms with E-state index in [4.69, 9.17) is 4.74 Å². The zero-order valence-electron chi connectivity index (χ0n) is 15.9. The van der Waals surface area contributed by atoms with Gasteiger partial charge >= 0.3 is 5.97 Å². The van der Waals surface area contributed by atoms with Gasteiger partial charge in [0.2, 0.25) is 5.78 Å². The number of hydrogen-bond acceptors (Lipinski definition) is 4. The molecule has 0 saturated heterocycles. The molecule has 1 aromatic carbocycles. The highest BCUT2D eigenvalue weighted by molar-refractivity contribution is 6.03. The van der Waals surface area contributed by atoms with Crippen LogP contribution in [-0.2, 0) is 4.74 Å². The number of carbonyl (C=O) groups is 2. The molecule has 2 heterocycles. The fourth-order valence-electron chi connectivity index (χ4n) is 3.33. The molecule has 0 aliphatic rings. The minimum absolute atomic E-state index is 0.0988. The van der Waals surface area contributed by atoms with Gasteiger partial charge in [0, 0.05) is 5.69 Å². The summed E-state index contributed by atoms with van der Waals surface area (Å²) in [5.41, 5.74) is 6.20. The van der Waals surface area contributed by atoms with Crippen LogP contribution >= 0.6 is 0 Å². The van der Waals surface area contributed by atoms with Gasteiger partial charge in [-0.25, -0.2) is 9.78 Å². The predicted molar refractivity (Wildman–Crippen MR) is 99.9 cm³/mol. The fourth-order valence-corrected chi connectivity index (χ4v) is 3.33. The lowest BCUT2D eigenvalue weighted by atomic mass is 10.0. The zero-order valence-corrected chi connectivity index (χ0v) is 15.9. The highest BCUT2D eigenvalue weighted by Gasteiger charge is 2.27. The largest absolute Gasteiger partial charge is 0.465 e. The average Bonchev–Trinajstić information content (AvgIpc) is 3.14. The van der Waals surface area contributed by atoms with Crippen molar-refractivity contribution in [1.82, 2.24) is 14.5 Å². The monoisotopic (exact) mass is 353 g/mol. The van der Waals surface area contributed by atoms with Gasteiger partial charge in [-0.05, 0) is 63.4 Å². The Morgan fingerprint density at radius 2 is 1.81 bits per heavy atom. The molecule has 0 fully saturated rings. The van der Waals surface area contributed by atoms with E-state index in [2.05, 4.69) is 9.97 Å². The number of methoxy groups -OCH3 is 1. The number of H-pyrrole nitrogens is 1. The van der Waals surface area contributed by atoms with Gasteiger partial charge in [-0.1, -0.05) is 0 Å². The maximum Gasteiger partial charge on any atom is 0.339 e. The molecule has 6 nitrogen and oxygen atoms in total.